The van der Waals surface area contributed by atoms with Crippen LogP contribution in [-0.2, 0) is 24.0 Å². The summed E-state index contributed by atoms with van der Waals surface area (Å²) in [6.07, 6.45) is -7.68. The maximum atomic E-state index is 13.5. The number of pyridine rings is 2. The van der Waals surface area contributed by atoms with Gasteiger partial charge in [0, 0.05) is 35.8 Å². The molecular formula is C20H14F6N4O2S. The Morgan fingerprint density at radius 3 is 2.42 bits per heavy atom. The Morgan fingerprint density at radius 2 is 1.79 bits per heavy atom. The summed E-state index contributed by atoms with van der Waals surface area (Å²) in [7, 11) is -0.224. The fourth-order valence-electron chi connectivity index (χ4n) is 3.46. The average Bonchev–Trinajstić information content (AvgIpc) is 3.05. The number of hydrogen-bond donors (Lipinski definition) is 0. The average molecular weight is 488 g/mol. The van der Waals surface area contributed by atoms with Crippen LogP contribution in [0.5, 0.6) is 5.75 Å². The SMILES string of the molecule is CCS(=O)c1c(-c2nc3cc(OC(F)(F)F)cnc3n2C)ncc2c(C(F)(F)F)cccc12. The highest BCUT2D eigenvalue weighted by atomic mass is 32.2. The van der Waals surface area contributed by atoms with Gasteiger partial charge in [-0.05, 0) is 6.07 Å². The van der Waals surface area contributed by atoms with Gasteiger partial charge in [0.25, 0.3) is 0 Å². The smallest absolute Gasteiger partial charge is 0.404 e. The van der Waals surface area contributed by atoms with E-state index in [-0.39, 0.29) is 44.1 Å². The molecule has 0 aliphatic rings. The Balaban J connectivity index is 1.97. The van der Waals surface area contributed by atoms with Gasteiger partial charge in [-0.3, -0.25) is 9.19 Å². The van der Waals surface area contributed by atoms with Crippen molar-refractivity contribution < 1.29 is 35.3 Å². The number of imidazole rings is 1. The Hall–Kier alpha value is -3.22. The van der Waals surface area contributed by atoms with E-state index < -0.39 is 34.7 Å². The maximum Gasteiger partial charge on any atom is 0.573 e. The van der Waals surface area contributed by atoms with Gasteiger partial charge in [0.15, 0.2) is 11.5 Å². The van der Waals surface area contributed by atoms with E-state index in [0.29, 0.717) is 0 Å². The molecule has 33 heavy (non-hydrogen) atoms. The number of alkyl halides is 6. The molecule has 0 radical (unpaired) electrons. The van der Waals surface area contributed by atoms with Crippen LogP contribution in [0.25, 0.3) is 33.5 Å². The number of fused-ring (bicyclic) bond motifs is 2. The number of rotatable bonds is 4. The molecule has 0 spiro atoms. The number of halogens is 6. The lowest BCUT2D eigenvalue weighted by atomic mass is 10.1. The minimum absolute atomic E-state index is 0.0356. The fraction of sp³-hybridized carbons (Fsp3) is 0.250. The molecule has 6 nitrogen and oxygen atoms in total. The van der Waals surface area contributed by atoms with Crippen molar-refractivity contribution in [1.82, 2.24) is 19.5 Å². The molecule has 0 amide bonds. The van der Waals surface area contributed by atoms with Gasteiger partial charge < -0.3 is 9.30 Å². The quantitative estimate of drug-likeness (QED) is 0.368. The molecule has 1 aromatic carbocycles. The molecule has 13 heteroatoms. The normalized spacial score (nSPS) is 13.6. The predicted molar refractivity (Wildman–Crippen MR) is 108 cm³/mol. The summed E-state index contributed by atoms with van der Waals surface area (Å²) < 4.78 is 96.3. The topological polar surface area (TPSA) is 69.9 Å². The Labute approximate surface area is 184 Å². The minimum atomic E-state index is -4.92. The number of nitrogens with zero attached hydrogens (tertiary/aromatic N) is 4. The molecule has 0 fully saturated rings. The molecule has 0 aliphatic carbocycles. The van der Waals surface area contributed by atoms with Gasteiger partial charge in [0.05, 0.1) is 27.5 Å². The van der Waals surface area contributed by atoms with Gasteiger partial charge in [-0.25, -0.2) is 9.97 Å². The van der Waals surface area contributed by atoms with Crippen LogP contribution in [0.3, 0.4) is 0 Å². The van der Waals surface area contributed by atoms with Crippen molar-refractivity contribution in [3.63, 3.8) is 0 Å². The van der Waals surface area contributed by atoms with Gasteiger partial charge in [0.2, 0.25) is 0 Å². The first-order valence-corrected chi connectivity index (χ1v) is 10.7. The molecule has 4 rings (SSSR count). The first kappa shape index (κ1) is 23.0. The highest BCUT2D eigenvalue weighted by Gasteiger charge is 2.34. The van der Waals surface area contributed by atoms with Crippen molar-refractivity contribution in [3.05, 3.63) is 42.2 Å². The number of ether oxygens (including phenoxy) is 1. The third kappa shape index (κ3) is 4.24. The second-order valence-corrected chi connectivity index (χ2v) is 8.57. The summed E-state index contributed by atoms with van der Waals surface area (Å²) in [6, 6.07) is 4.55. The van der Waals surface area contributed by atoms with Crippen molar-refractivity contribution in [2.75, 3.05) is 5.75 Å². The Bertz CT molecular complexity index is 1400. The number of benzene rings is 1. The summed E-state index contributed by atoms with van der Waals surface area (Å²) in [5.41, 5.74) is -0.665. The van der Waals surface area contributed by atoms with E-state index in [0.717, 1.165) is 24.5 Å². The Morgan fingerprint density at radius 1 is 1.06 bits per heavy atom. The summed E-state index contributed by atoms with van der Waals surface area (Å²) in [5.74, 6) is -0.411. The van der Waals surface area contributed by atoms with Gasteiger partial charge in [-0.2, -0.15) is 13.2 Å². The zero-order valence-electron chi connectivity index (χ0n) is 17.0. The summed E-state index contributed by atoms with van der Waals surface area (Å²) in [4.78, 5) is 12.4. The number of aromatic nitrogens is 4. The van der Waals surface area contributed by atoms with Crippen molar-refractivity contribution in [2.45, 2.75) is 24.4 Å². The van der Waals surface area contributed by atoms with Crippen molar-refractivity contribution in [2.24, 2.45) is 7.05 Å². The predicted octanol–water partition coefficient (Wildman–Crippen LogP) is 5.23. The Kier molecular flexibility index (Phi) is 5.55. The number of aryl methyl sites for hydroxylation is 1. The zero-order chi connectivity index (χ0) is 24.1. The van der Waals surface area contributed by atoms with E-state index in [4.69, 9.17) is 0 Å². The fourth-order valence-corrected chi connectivity index (χ4v) is 4.53. The second kappa shape index (κ2) is 7.97. The third-order valence-electron chi connectivity index (χ3n) is 4.81. The molecule has 3 aromatic heterocycles. The molecule has 0 aliphatic heterocycles. The molecule has 3 heterocycles. The van der Waals surface area contributed by atoms with E-state index >= 15 is 0 Å². The monoisotopic (exact) mass is 488 g/mol. The second-order valence-electron chi connectivity index (χ2n) is 6.89. The van der Waals surface area contributed by atoms with Crippen LogP contribution in [-0.4, -0.2) is 35.8 Å². The summed E-state index contributed by atoms with van der Waals surface area (Å²) >= 11 is 0. The van der Waals surface area contributed by atoms with Crippen molar-refractivity contribution in [1.29, 1.82) is 0 Å². The molecule has 0 saturated carbocycles. The molecule has 1 unspecified atom stereocenters. The van der Waals surface area contributed by atoms with Crippen LogP contribution in [0.2, 0.25) is 0 Å². The van der Waals surface area contributed by atoms with Crippen LogP contribution < -0.4 is 4.74 Å². The first-order valence-electron chi connectivity index (χ1n) is 9.36. The van der Waals surface area contributed by atoms with E-state index in [1.807, 2.05) is 0 Å². The lowest BCUT2D eigenvalue weighted by Crippen LogP contribution is -2.17. The van der Waals surface area contributed by atoms with Crippen LogP contribution in [0.4, 0.5) is 26.3 Å². The van der Waals surface area contributed by atoms with E-state index in [1.54, 1.807) is 6.92 Å². The summed E-state index contributed by atoms with van der Waals surface area (Å²) in [6.45, 7) is 1.60. The van der Waals surface area contributed by atoms with E-state index in [1.165, 1.54) is 23.7 Å². The number of hydrogen-bond acceptors (Lipinski definition) is 5. The van der Waals surface area contributed by atoms with Crippen LogP contribution in [0, 0.1) is 0 Å². The molecular weight excluding hydrogens is 474 g/mol. The molecule has 1 atom stereocenters. The summed E-state index contributed by atoms with van der Waals surface area (Å²) in [5, 5.41) is -0.126. The van der Waals surface area contributed by atoms with Crippen LogP contribution in [0.15, 0.2) is 41.6 Å². The lowest BCUT2D eigenvalue weighted by molar-refractivity contribution is -0.274. The van der Waals surface area contributed by atoms with E-state index in [9.17, 15) is 30.6 Å². The largest absolute Gasteiger partial charge is 0.573 e. The lowest BCUT2D eigenvalue weighted by Gasteiger charge is -2.15. The molecule has 0 saturated heterocycles. The minimum Gasteiger partial charge on any atom is -0.404 e. The maximum absolute atomic E-state index is 13.5. The molecule has 174 valence electrons. The third-order valence-corrected chi connectivity index (χ3v) is 6.21. The molecule has 4 aromatic rings. The zero-order valence-corrected chi connectivity index (χ0v) is 17.8. The highest BCUT2D eigenvalue weighted by molar-refractivity contribution is 7.85. The van der Waals surface area contributed by atoms with Gasteiger partial charge >= 0.3 is 12.5 Å². The standard InChI is InChI=1S/C20H14F6N4O2S/c1-3-33(31)16-11-5-4-6-13(19(21,22)23)12(11)9-27-15(16)18-29-14-7-10(32-20(24,25)26)8-28-17(14)30(18)2/h4-9H,3H2,1-2H3. The van der Waals surface area contributed by atoms with Gasteiger partial charge in [-0.15, -0.1) is 13.2 Å². The van der Waals surface area contributed by atoms with Crippen LogP contribution in [0.1, 0.15) is 12.5 Å². The highest BCUT2D eigenvalue weighted by Crippen LogP contribution is 2.39. The molecule has 0 N–H and O–H groups in total. The molecule has 0 bridgehead atoms. The first-order chi connectivity index (χ1) is 15.4. The van der Waals surface area contributed by atoms with Crippen molar-refractivity contribution in [3.8, 4) is 17.3 Å². The van der Waals surface area contributed by atoms with Crippen molar-refractivity contribution >= 4 is 32.7 Å². The van der Waals surface area contributed by atoms with Crippen LogP contribution >= 0.6 is 0 Å². The van der Waals surface area contributed by atoms with Gasteiger partial charge in [-0.1, -0.05) is 19.1 Å². The van der Waals surface area contributed by atoms with E-state index in [2.05, 4.69) is 19.7 Å². The van der Waals surface area contributed by atoms with Gasteiger partial charge in [0.1, 0.15) is 17.0 Å².